The van der Waals surface area contributed by atoms with Crippen LogP contribution in [0.1, 0.15) is 43.0 Å². The van der Waals surface area contributed by atoms with Gasteiger partial charge in [0, 0.05) is 17.6 Å². The summed E-state index contributed by atoms with van der Waals surface area (Å²) in [6, 6.07) is 21.4. The predicted octanol–water partition coefficient (Wildman–Crippen LogP) is 6.28. The summed E-state index contributed by atoms with van der Waals surface area (Å²) >= 11 is 0. The lowest BCUT2D eigenvalue weighted by molar-refractivity contribution is -0.144. The minimum Gasteiger partial charge on any atom is -0.494 e. The largest absolute Gasteiger partial charge is 0.494 e. The minimum absolute atomic E-state index is 0.0437. The first-order valence-corrected chi connectivity index (χ1v) is 14.7. The molecular formula is C36H38O10. The standard InChI is InChI=1S/C36H38O10/c1-25(2)34(38)44-23-7-22-43-30-14-8-27(9-15-30)28-10-18-32(19-11-28)46-36(40)29-12-16-31(17-13-29)42-20-5-6-21-45-35(39)26(3)24-33(37)41-4/h8-19H,1,3,5-7,20-24H2,2,4H3. The lowest BCUT2D eigenvalue weighted by Gasteiger charge is -2.09. The highest BCUT2D eigenvalue weighted by Crippen LogP contribution is 2.25. The summed E-state index contributed by atoms with van der Waals surface area (Å²) in [5, 5.41) is 0. The van der Waals surface area contributed by atoms with E-state index in [0.29, 0.717) is 60.9 Å². The Hall–Kier alpha value is -5.38. The van der Waals surface area contributed by atoms with Crippen molar-refractivity contribution in [2.24, 2.45) is 0 Å². The van der Waals surface area contributed by atoms with E-state index in [-0.39, 0.29) is 25.2 Å². The average Bonchev–Trinajstić information content (AvgIpc) is 3.06. The highest BCUT2D eigenvalue weighted by atomic mass is 16.5. The summed E-state index contributed by atoms with van der Waals surface area (Å²) in [7, 11) is 1.24. The summed E-state index contributed by atoms with van der Waals surface area (Å²) in [4.78, 5) is 47.0. The van der Waals surface area contributed by atoms with Crippen molar-refractivity contribution < 1.29 is 47.6 Å². The maximum Gasteiger partial charge on any atom is 0.343 e. The van der Waals surface area contributed by atoms with Crippen LogP contribution in [-0.4, -0.2) is 57.4 Å². The van der Waals surface area contributed by atoms with Crippen LogP contribution in [0.2, 0.25) is 0 Å². The van der Waals surface area contributed by atoms with Crippen LogP contribution < -0.4 is 14.2 Å². The Morgan fingerprint density at radius 2 is 1.09 bits per heavy atom. The maximum atomic E-state index is 12.6. The monoisotopic (exact) mass is 630 g/mol. The Morgan fingerprint density at radius 1 is 0.609 bits per heavy atom. The van der Waals surface area contributed by atoms with E-state index in [9.17, 15) is 19.2 Å². The Bertz CT molecular complexity index is 1490. The zero-order valence-corrected chi connectivity index (χ0v) is 26.1. The topological polar surface area (TPSA) is 124 Å². The Labute approximate surface area is 268 Å². The van der Waals surface area contributed by atoms with Crippen molar-refractivity contribution in [3.05, 3.63) is 103 Å². The van der Waals surface area contributed by atoms with Crippen molar-refractivity contribution in [3.63, 3.8) is 0 Å². The van der Waals surface area contributed by atoms with Gasteiger partial charge in [0.05, 0.1) is 45.5 Å². The summed E-state index contributed by atoms with van der Waals surface area (Å²) in [6.45, 7) is 9.92. The number of rotatable bonds is 18. The third-order valence-electron chi connectivity index (χ3n) is 6.40. The molecule has 0 saturated carbocycles. The van der Waals surface area contributed by atoms with Gasteiger partial charge in [-0.2, -0.15) is 0 Å². The first kappa shape index (κ1) is 35.1. The molecule has 0 aromatic heterocycles. The van der Waals surface area contributed by atoms with E-state index in [1.807, 2.05) is 36.4 Å². The normalized spacial score (nSPS) is 10.3. The molecule has 0 fully saturated rings. The van der Waals surface area contributed by atoms with Gasteiger partial charge in [-0.15, -0.1) is 0 Å². The van der Waals surface area contributed by atoms with Crippen LogP contribution in [0.25, 0.3) is 11.1 Å². The maximum absolute atomic E-state index is 12.6. The van der Waals surface area contributed by atoms with Gasteiger partial charge in [-0.05, 0) is 79.4 Å². The Morgan fingerprint density at radius 3 is 1.65 bits per heavy atom. The van der Waals surface area contributed by atoms with Crippen molar-refractivity contribution >= 4 is 23.9 Å². The highest BCUT2D eigenvalue weighted by Gasteiger charge is 2.13. The van der Waals surface area contributed by atoms with Gasteiger partial charge in [0.25, 0.3) is 0 Å². The van der Waals surface area contributed by atoms with Gasteiger partial charge >= 0.3 is 23.9 Å². The van der Waals surface area contributed by atoms with Crippen LogP contribution in [0.15, 0.2) is 97.1 Å². The quantitative estimate of drug-likeness (QED) is 0.0521. The summed E-state index contributed by atoms with van der Waals surface area (Å²) < 4.78 is 31.5. The van der Waals surface area contributed by atoms with E-state index in [0.717, 1.165) is 11.1 Å². The molecule has 0 aliphatic rings. The molecule has 0 radical (unpaired) electrons. The zero-order chi connectivity index (χ0) is 33.3. The lowest BCUT2D eigenvalue weighted by atomic mass is 10.1. The summed E-state index contributed by atoms with van der Waals surface area (Å²) in [6.07, 6.45) is 1.56. The van der Waals surface area contributed by atoms with E-state index in [2.05, 4.69) is 17.9 Å². The van der Waals surface area contributed by atoms with Gasteiger partial charge in [-0.1, -0.05) is 37.4 Å². The van der Waals surface area contributed by atoms with Crippen LogP contribution in [0.4, 0.5) is 0 Å². The Kier molecular flexibility index (Phi) is 14.1. The smallest absolute Gasteiger partial charge is 0.343 e. The predicted molar refractivity (Wildman–Crippen MR) is 171 cm³/mol. The number of hydrogen-bond donors (Lipinski definition) is 0. The summed E-state index contributed by atoms with van der Waals surface area (Å²) in [5.41, 5.74) is 2.70. The molecule has 0 amide bonds. The molecule has 10 heteroatoms. The van der Waals surface area contributed by atoms with Crippen LogP contribution in [0, 0.1) is 0 Å². The van der Waals surface area contributed by atoms with Crippen LogP contribution in [-0.2, 0) is 28.6 Å². The number of benzene rings is 3. The molecule has 0 aliphatic heterocycles. The minimum atomic E-state index is -0.629. The van der Waals surface area contributed by atoms with E-state index in [1.165, 1.54) is 7.11 Å². The molecule has 0 spiro atoms. The molecular weight excluding hydrogens is 592 g/mol. The van der Waals surface area contributed by atoms with Crippen LogP contribution in [0.5, 0.6) is 17.2 Å². The number of carbonyl (C=O) groups is 4. The molecule has 0 saturated heterocycles. The van der Waals surface area contributed by atoms with Crippen molar-refractivity contribution in [2.75, 3.05) is 33.5 Å². The number of carbonyl (C=O) groups excluding carboxylic acids is 4. The molecule has 10 nitrogen and oxygen atoms in total. The highest BCUT2D eigenvalue weighted by molar-refractivity contribution is 5.93. The van der Waals surface area contributed by atoms with Crippen LogP contribution >= 0.6 is 0 Å². The first-order valence-electron chi connectivity index (χ1n) is 14.7. The van der Waals surface area contributed by atoms with Crippen molar-refractivity contribution in [1.29, 1.82) is 0 Å². The number of methoxy groups -OCH3 is 1. The molecule has 0 aliphatic carbocycles. The van der Waals surface area contributed by atoms with E-state index in [1.54, 1.807) is 43.3 Å². The van der Waals surface area contributed by atoms with Gasteiger partial charge in [-0.25, -0.2) is 14.4 Å². The molecule has 0 N–H and O–H groups in total. The molecule has 0 unspecified atom stereocenters. The van der Waals surface area contributed by atoms with Crippen molar-refractivity contribution in [2.45, 2.75) is 32.6 Å². The third kappa shape index (κ3) is 12.0. The molecule has 3 rings (SSSR count). The van der Waals surface area contributed by atoms with Gasteiger partial charge in [0.1, 0.15) is 17.2 Å². The van der Waals surface area contributed by atoms with Gasteiger partial charge in [0.15, 0.2) is 0 Å². The second-order valence-corrected chi connectivity index (χ2v) is 10.1. The second kappa shape index (κ2) is 18.4. The molecule has 3 aromatic carbocycles. The number of esters is 4. The zero-order valence-electron chi connectivity index (χ0n) is 26.1. The summed E-state index contributed by atoms with van der Waals surface area (Å²) in [5.74, 6) is -0.373. The van der Waals surface area contributed by atoms with Gasteiger partial charge < -0.3 is 28.4 Å². The van der Waals surface area contributed by atoms with E-state index < -0.39 is 23.9 Å². The number of hydrogen-bond acceptors (Lipinski definition) is 10. The number of ether oxygens (including phenoxy) is 6. The van der Waals surface area contributed by atoms with E-state index in [4.69, 9.17) is 23.7 Å². The fraction of sp³-hybridized carbons (Fsp3) is 0.278. The van der Waals surface area contributed by atoms with Crippen LogP contribution in [0.3, 0.4) is 0 Å². The molecule has 242 valence electrons. The SMILES string of the molecule is C=C(C)C(=O)OCCCOc1ccc(-c2ccc(OC(=O)c3ccc(OCCCCOC(=O)C(=C)CC(=O)OC)cc3)cc2)cc1. The van der Waals surface area contributed by atoms with Gasteiger partial charge in [0.2, 0.25) is 0 Å². The Balaban J connectivity index is 1.36. The van der Waals surface area contributed by atoms with E-state index >= 15 is 0 Å². The molecule has 46 heavy (non-hydrogen) atoms. The first-order chi connectivity index (χ1) is 22.2. The fourth-order valence-electron chi connectivity index (χ4n) is 3.83. The number of unbranched alkanes of at least 4 members (excludes halogenated alkanes) is 1. The molecule has 3 aromatic rings. The van der Waals surface area contributed by atoms with Crippen molar-refractivity contribution in [3.8, 4) is 28.4 Å². The molecule has 0 bridgehead atoms. The molecule has 0 heterocycles. The molecule has 0 atom stereocenters. The second-order valence-electron chi connectivity index (χ2n) is 10.1. The lowest BCUT2D eigenvalue weighted by Crippen LogP contribution is -2.13. The van der Waals surface area contributed by atoms with Crippen molar-refractivity contribution in [1.82, 2.24) is 0 Å². The fourth-order valence-corrected chi connectivity index (χ4v) is 3.83. The average molecular weight is 631 g/mol. The third-order valence-corrected chi connectivity index (χ3v) is 6.40. The van der Waals surface area contributed by atoms with Gasteiger partial charge in [-0.3, -0.25) is 4.79 Å².